The molecule has 4 heteroatoms. The Kier molecular flexibility index (Phi) is 5.15. The van der Waals surface area contributed by atoms with E-state index in [1.807, 2.05) is 18.2 Å². The molecule has 0 bridgehead atoms. The molecule has 0 aliphatic rings. The number of hydrogen-bond acceptors (Lipinski definition) is 4. The van der Waals surface area contributed by atoms with Crippen LogP contribution in [0.15, 0.2) is 30.3 Å². The quantitative estimate of drug-likeness (QED) is 0.877. The van der Waals surface area contributed by atoms with Gasteiger partial charge in [0.1, 0.15) is 0 Å². The Morgan fingerprint density at radius 3 is 2.50 bits per heavy atom. The summed E-state index contributed by atoms with van der Waals surface area (Å²) in [5.74, 6) is 0. The molecule has 0 aliphatic heterocycles. The summed E-state index contributed by atoms with van der Waals surface area (Å²) in [5.41, 5.74) is 8.09. The predicted octanol–water partition coefficient (Wildman–Crippen LogP) is 3.89. The number of rotatable bonds is 6. The summed E-state index contributed by atoms with van der Waals surface area (Å²) in [6, 6.07) is 10.8. The van der Waals surface area contributed by atoms with Crippen molar-refractivity contribution < 1.29 is 0 Å². The van der Waals surface area contributed by atoms with Crippen molar-refractivity contribution in [2.75, 3.05) is 11.4 Å². The maximum atomic E-state index is 5.90. The first-order chi connectivity index (χ1) is 9.71. The monoisotopic (exact) mass is 289 g/mol. The van der Waals surface area contributed by atoms with E-state index in [0.717, 1.165) is 34.2 Å². The Morgan fingerprint density at radius 1 is 1.25 bits per heavy atom. The molecule has 2 aromatic rings. The van der Waals surface area contributed by atoms with Gasteiger partial charge in [0, 0.05) is 29.6 Å². The van der Waals surface area contributed by atoms with Gasteiger partial charge in [-0.1, -0.05) is 48.6 Å². The topological polar surface area (TPSA) is 42.2 Å². The van der Waals surface area contributed by atoms with Crippen LogP contribution >= 0.6 is 11.3 Å². The zero-order valence-corrected chi connectivity index (χ0v) is 13.3. The fourth-order valence-electron chi connectivity index (χ4n) is 2.28. The molecule has 0 aliphatic carbocycles. The van der Waals surface area contributed by atoms with Gasteiger partial charge in [0.2, 0.25) is 0 Å². The van der Waals surface area contributed by atoms with Crippen molar-refractivity contribution in [1.29, 1.82) is 0 Å². The predicted molar refractivity (Wildman–Crippen MR) is 88.2 cm³/mol. The molecule has 0 saturated heterocycles. The minimum atomic E-state index is 0.500. The molecule has 1 unspecified atom stereocenters. The first-order valence-corrected chi connectivity index (χ1v) is 8.04. The van der Waals surface area contributed by atoms with E-state index in [1.54, 1.807) is 11.3 Å². The Morgan fingerprint density at radius 2 is 1.95 bits per heavy atom. The zero-order valence-electron chi connectivity index (χ0n) is 12.5. The summed E-state index contributed by atoms with van der Waals surface area (Å²) in [6.07, 6.45) is 1.12. The maximum Gasteiger partial charge on any atom is 0.186 e. The fourth-order valence-corrected chi connectivity index (χ4v) is 3.41. The number of thiazole rings is 1. The largest absolute Gasteiger partial charge is 0.346 e. The Balaban J connectivity index is 2.41. The molecule has 108 valence electrons. The number of benzene rings is 1. The van der Waals surface area contributed by atoms with Gasteiger partial charge in [-0.05, 0) is 20.3 Å². The number of hydrogen-bond donors (Lipinski definition) is 1. The Hall–Kier alpha value is -1.39. The van der Waals surface area contributed by atoms with Gasteiger partial charge in [0.25, 0.3) is 0 Å². The lowest BCUT2D eigenvalue weighted by Gasteiger charge is -2.26. The summed E-state index contributed by atoms with van der Waals surface area (Å²) >= 11 is 1.72. The Labute approximate surface area is 125 Å². The van der Waals surface area contributed by atoms with E-state index in [9.17, 15) is 0 Å². The lowest BCUT2D eigenvalue weighted by Crippen LogP contribution is -2.32. The molecule has 1 aromatic heterocycles. The van der Waals surface area contributed by atoms with Crippen molar-refractivity contribution in [1.82, 2.24) is 4.98 Å². The van der Waals surface area contributed by atoms with E-state index >= 15 is 0 Å². The van der Waals surface area contributed by atoms with E-state index < -0.39 is 0 Å². The summed E-state index contributed by atoms with van der Waals surface area (Å²) in [7, 11) is 0. The van der Waals surface area contributed by atoms with Crippen LogP contribution in [-0.4, -0.2) is 17.6 Å². The van der Waals surface area contributed by atoms with Crippen LogP contribution in [0.25, 0.3) is 11.3 Å². The molecule has 0 radical (unpaired) electrons. The Bertz CT molecular complexity index is 536. The summed E-state index contributed by atoms with van der Waals surface area (Å²) < 4.78 is 0. The molecule has 0 fully saturated rings. The van der Waals surface area contributed by atoms with Crippen LogP contribution in [-0.2, 0) is 6.54 Å². The van der Waals surface area contributed by atoms with Crippen molar-refractivity contribution in [3.63, 3.8) is 0 Å². The molecule has 0 saturated carbocycles. The number of anilines is 1. The SMILES string of the molecule is CCC(C)N(CC)c1nc(-c2ccccc2)c(CN)s1. The van der Waals surface area contributed by atoms with Crippen molar-refractivity contribution in [3.8, 4) is 11.3 Å². The normalized spacial score (nSPS) is 12.4. The molecule has 0 amide bonds. The molecule has 3 nitrogen and oxygen atoms in total. The van der Waals surface area contributed by atoms with E-state index in [4.69, 9.17) is 10.7 Å². The second-order valence-electron chi connectivity index (χ2n) is 4.88. The number of nitrogens with two attached hydrogens (primary N) is 1. The highest BCUT2D eigenvalue weighted by Gasteiger charge is 2.18. The molecule has 2 N–H and O–H groups in total. The zero-order chi connectivity index (χ0) is 14.5. The summed E-state index contributed by atoms with van der Waals surface area (Å²) in [4.78, 5) is 8.37. The molecule has 0 spiro atoms. The lowest BCUT2D eigenvalue weighted by atomic mass is 10.1. The van der Waals surface area contributed by atoms with Gasteiger partial charge in [0.05, 0.1) is 5.69 Å². The van der Waals surface area contributed by atoms with Crippen LogP contribution in [0.1, 0.15) is 32.1 Å². The van der Waals surface area contributed by atoms with Crippen molar-refractivity contribution in [2.45, 2.75) is 39.8 Å². The van der Waals surface area contributed by atoms with Gasteiger partial charge in [0.15, 0.2) is 5.13 Å². The van der Waals surface area contributed by atoms with E-state index in [1.165, 1.54) is 0 Å². The third-order valence-corrected chi connectivity index (χ3v) is 4.74. The van der Waals surface area contributed by atoms with Crippen molar-refractivity contribution >= 4 is 16.5 Å². The first kappa shape index (κ1) is 15.0. The lowest BCUT2D eigenvalue weighted by molar-refractivity contribution is 0.628. The molecule has 20 heavy (non-hydrogen) atoms. The third kappa shape index (κ3) is 3.02. The molecular formula is C16H23N3S. The highest BCUT2D eigenvalue weighted by molar-refractivity contribution is 7.16. The van der Waals surface area contributed by atoms with Gasteiger partial charge < -0.3 is 10.6 Å². The number of aromatic nitrogens is 1. The van der Waals surface area contributed by atoms with Gasteiger partial charge in [-0.3, -0.25) is 0 Å². The van der Waals surface area contributed by atoms with Gasteiger partial charge >= 0.3 is 0 Å². The minimum absolute atomic E-state index is 0.500. The van der Waals surface area contributed by atoms with Gasteiger partial charge in [-0.2, -0.15) is 0 Å². The molecule has 2 rings (SSSR count). The van der Waals surface area contributed by atoms with Crippen LogP contribution in [0.2, 0.25) is 0 Å². The standard InChI is InChI=1S/C16H23N3S/c1-4-12(3)19(5-2)16-18-15(14(11-17)20-16)13-9-7-6-8-10-13/h6-10,12H,4-5,11,17H2,1-3H3. The molecular weight excluding hydrogens is 266 g/mol. The van der Waals surface area contributed by atoms with Crippen LogP contribution in [0.4, 0.5) is 5.13 Å². The van der Waals surface area contributed by atoms with Crippen molar-refractivity contribution in [2.24, 2.45) is 5.73 Å². The second-order valence-corrected chi connectivity index (χ2v) is 5.94. The average molecular weight is 289 g/mol. The van der Waals surface area contributed by atoms with E-state index in [2.05, 4.69) is 37.8 Å². The first-order valence-electron chi connectivity index (χ1n) is 7.23. The van der Waals surface area contributed by atoms with Crippen LogP contribution < -0.4 is 10.6 Å². The van der Waals surface area contributed by atoms with Crippen molar-refractivity contribution in [3.05, 3.63) is 35.2 Å². The second kappa shape index (κ2) is 6.86. The van der Waals surface area contributed by atoms with E-state index in [-0.39, 0.29) is 0 Å². The highest BCUT2D eigenvalue weighted by atomic mass is 32.1. The van der Waals surface area contributed by atoms with Crippen LogP contribution in [0.3, 0.4) is 0 Å². The summed E-state index contributed by atoms with van der Waals surface area (Å²) in [5, 5.41) is 1.08. The maximum absolute atomic E-state index is 5.90. The van der Waals surface area contributed by atoms with E-state index in [0.29, 0.717) is 12.6 Å². The average Bonchev–Trinajstić information content (AvgIpc) is 2.92. The molecule has 1 aromatic carbocycles. The molecule has 1 atom stereocenters. The van der Waals surface area contributed by atoms with Crippen LogP contribution in [0, 0.1) is 0 Å². The highest BCUT2D eigenvalue weighted by Crippen LogP contribution is 2.33. The van der Waals surface area contributed by atoms with Crippen LogP contribution in [0.5, 0.6) is 0 Å². The minimum Gasteiger partial charge on any atom is -0.346 e. The van der Waals surface area contributed by atoms with Gasteiger partial charge in [-0.25, -0.2) is 4.98 Å². The number of nitrogens with zero attached hydrogens (tertiary/aromatic N) is 2. The third-order valence-electron chi connectivity index (χ3n) is 3.63. The summed E-state index contributed by atoms with van der Waals surface area (Å²) in [6.45, 7) is 8.15. The molecule has 1 heterocycles. The fraction of sp³-hybridized carbons (Fsp3) is 0.438. The van der Waals surface area contributed by atoms with Gasteiger partial charge in [-0.15, -0.1) is 0 Å². The smallest absolute Gasteiger partial charge is 0.186 e.